The largest absolute Gasteiger partial charge is 0.352 e. The molecule has 1 aliphatic rings. The molecule has 0 radical (unpaired) electrons. The van der Waals surface area contributed by atoms with E-state index in [1.54, 1.807) is 10.9 Å². The lowest BCUT2D eigenvalue weighted by Crippen LogP contribution is -2.38. The molecule has 2 aromatic heterocycles. The van der Waals surface area contributed by atoms with Gasteiger partial charge in [-0.1, -0.05) is 0 Å². The first-order valence-corrected chi connectivity index (χ1v) is 7.99. The van der Waals surface area contributed by atoms with Gasteiger partial charge in [0.25, 0.3) is 0 Å². The number of nitrogens with one attached hydrogen (secondary N) is 1. The van der Waals surface area contributed by atoms with E-state index in [1.165, 1.54) is 0 Å². The highest BCUT2D eigenvalue weighted by Gasteiger charge is 2.17. The first-order chi connectivity index (χ1) is 11.1. The zero-order chi connectivity index (χ0) is 16.2. The van der Waals surface area contributed by atoms with E-state index < -0.39 is 0 Å². The van der Waals surface area contributed by atoms with E-state index in [2.05, 4.69) is 20.4 Å². The molecule has 23 heavy (non-hydrogen) atoms. The van der Waals surface area contributed by atoms with E-state index in [0.29, 0.717) is 25.5 Å². The molecule has 0 spiro atoms. The summed E-state index contributed by atoms with van der Waals surface area (Å²) in [6, 6.07) is 1.94. The van der Waals surface area contributed by atoms with Crippen LogP contribution >= 0.6 is 0 Å². The maximum Gasteiger partial charge on any atom is 0.223 e. The molecule has 3 heterocycles. The fourth-order valence-corrected chi connectivity index (χ4v) is 2.79. The molecular formula is C16H22N6O. The molecule has 7 heteroatoms. The molecule has 0 aromatic carbocycles. The van der Waals surface area contributed by atoms with Crippen molar-refractivity contribution in [1.82, 2.24) is 24.6 Å². The van der Waals surface area contributed by atoms with Gasteiger partial charge in [-0.2, -0.15) is 5.10 Å². The average Bonchev–Trinajstić information content (AvgIpc) is 2.97. The van der Waals surface area contributed by atoms with E-state index in [-0.39, 0.29) is 5.91 Å². The second-order valence-electron chi connectivity index (χ2n) is 5.83. The number of carbonyl (C=O) groups excluding carboxylic acids is 1. The minimum Gasteiger partial charge on any atom is -0.352 e. The molecule has 1 amide bonds. The molecule has 122 valence electrons. The Balaban J connectivity index is 1.65. The number of anilines is 1. The van der Waals surface area contributed by atoms with Crippen molar-refractivity contribution in [2.75, 3.05) is 25.0 Å². The summed E-state index contributed by atoms with van der Waals surface area (Å²) in [4.78, 5) is 22.6. The van der Waals surface area contributed by atoms with Crippen LogP contribution in [0.15, 0.2) is 18.5 Å². The number of likely N-dealkylation sites (tertiary alicyclic amines) is 1. The van der Waals surface area contributed by atoms with Gasteiger partial charge in [0.1, 0.15) is 0 Å². The predicted molar refractivity (Wildman–Crippen MR) is 87.9 cm³/mol. The minimum absolute atomic E-state index is 0.249. The molecule has 1 saturated heterocycles. The lowest BCUT2D eigenvalue weighted by Gasteiger charge is -2.26. The summed E-state index contributed by atoms with van der Waals surface area (Å²) in [6.07, 6.45) is 6.34. The summed E-state index contributed by atoms with van der Waals surface area (Å²) < 4.78 is 1.80. The van der Waals surface area contributed by atoms with Gasteiger partial charge in [-0.3, -0.25) is 9.48 Å². The van der Waals surface area contributed by atoms with Crippen LogP contribution in [-0.4, -0.2) is 50.2 Å². The van der Waals surface area contributed by atoms with Crippen molar-refractivity contribution in [1.29, 1.82) is 0 Å². The highest BCUT2D eigenvalue weighted by Crippen LogP contribution is 2.20. The Kier molecular flexibility index (Phi) is 4.55. The smallest absolute Gasteiger partial charge is 0.223 e. The summed E-state index contributed by atoms with van der Waals surface area (Å²) in [5.74, 6) is 0.828. The highest BCUT2D eigenvalue weighted by molar-refractivity contribution is 5.76. The van der Waals surface area contributed by atoms with E-state index >= 15 is 0 Å². The number of nitrogens with zero attached hydrogens (tertiary/aromatic N) is 5. The van der Waals surface area contributed by atoms with Crippen LogP contribution < -0.4 is 5.32 Å². The van der Waals surface area contributed by atoms with Crippen LogP contribution in [0.3, 0.4) is 0 Å². The van der Waals surface area contributed by atoms with Crippen LogP contribution in [-0.2, 0) is 11.8 Å². The van der Waals surface area contributed by atoms with Gasteiger partial charge < -0.3 is 10.2 Å². The minimum atomic E-state index is 0.249. The van der Waals surface area contributed by atoms with E-state index in [4.69, 9.17) is 0 Å². The molecule has 0 bridgehead atoms. The number of carbonyl (C=O) groups is 1. The molecule has 0 aliphatic carbocycles. The van der Waals surface area contributed by atoms with Crippen molar-refractivity contribution in [2.24, 2.45) is 7.05 Å². The summed E-state index contributed by atoms with van der Waals surface area (Å²) in [5.41, 5.74) is 2.83. The zero-order valence-electron chi connectivity index (χ0n) is 13.6. The third kappa shape index (κ3) is 3.49. The molecule has 2 aromatic rings. The first-order valence-electron chi connectivity index (χ1n) is 7.99. The number of piperidine rings is 1. The van der Waals surface area contributed by atoms with E-state index in [0.717, 1.165) is 36.3 Å². The normalized spacial score (nSPS) is 15.0. The molecular weight excluding hydrogens is 292 g/mol. The summed E-state index contributed by atoms with van der Waals surface area (Å²) in [5, 5.41) is 7.40. The van der Waals surface area contributed by atoms with Gasteiger partial charge in [-0.25, -0.2) is 9.97 Å². The summed E-state index contributed by atoms with van der Waals surface area (Å²) >= 11 is 0. The maximum absolute atomic E-state index is 11.8. The monoisotopic (exact) mass is 314 g/mol. The van der Waals surface area contributed by atoms with Gasteiger partial charge in [-0.05, 0) is 31.4 Å². The van der Waals surface area contributed by atoms with Gasteiger partial charge in [0, 0.05) is 45.5 Å². The van der Waals surface area contributed by atoms with Crippen molar-refractivity contribution in [3.63, 3.8) is 0 Å². The molecule has 0 unspecified atom stereocenters. The van der Waals surface area contributed by atoms with Crippen LogP contribution in [0.25, 0.3) is 11.4 Å². The zero-order valence-corrected chi connectivity index (χ0v) is 13.6. The molecule has 1 N–H and O–H groups in total. The Morgan fingerprint density at radius 2 is 2.22 bits per heavy atom. The highest BCUT2D eigenvalue weighted by atomic mass is 16.2. The van der Waals surface area contributed by atoms with E-state index in [1.807, 2.05) is 31.1 Å². The lowest BCUT2D eigenvalue weighted by atomic mass is 10.1. The Labute approximate surface area is 135 Å². The average molecular weight is 314 g/mol. The summed E-state index contributed by atoms with van der Waals surface area (Å²) in [6.45, 7) is 4.19. The molecule has 0 saturated carbocycles. The number of amides is 1. The van der Waals surface area contributed by atoms with Gasteiger partial charge >= 0.3 is 0 Å². The Morgan fingerprint density at radius 3 is 2.96 bits per heavy atom. The van der Waals surface area contributed by atoms with Crippen LogP contribution in [0.2, 0.25) is 0 Å². The molecule has 0 atom stereocenters. The molecule has 1 aliphatic heterocycles. The standard InChI is InChI=1S/C16H22N6O/c1-12-11-18-16(20-15(12)13-6-7-19-21(13)2)17-8-10-22-9-4-3-5-14(22)23/h6-7,11H,3-5,8-10H2,1-2H3,(H,17,18,20). The van der Waals surface area contributed by atoms with Crippen molar-refractivity contribution < 1.29 is 4.79 Å². The predicted octanol–water partition coefficient (Wildman–Crippen LogP) is 1.61. The van der Waals surface area contributed by atoms with Crippen LogP contribution in [0.4, 0.5) is 5.95 Å². The van der Waals surface area contributed by atoms with Crippen molar-refractivity contribution in [3.8, 4) is 11.4 Å². The second kappa shape index (κ2) is 6.76. The molecule has 1 fully saturated rings. The fourth-order valence-electron chi connectivity index (χ4n) is 2.79. The Morgan fingerprint density at radius 1 is 1.35 bits per heavy atom. The van der Waals surface area contributed by atoms with Gasteiger partial charge in [0.15, 0.2) is 0 Å². The van der Waals surface area contributed by atoms with Crippen molar-refractivity contribution >= 4 is 11.9 Å². The molecule has 7 nitrogen and oxygen atoms in total. The lowest BCUT2D eigenvalue weighted by molar-refractivity contribution is -0.133. The number of hydrogen-bond acceptors (Lipinski definition) is 5. The maximum atomic E-state index is 11.8. The van der Waals surface area contributed by atoms with Crippen LogP contribution in [0.1, 0.15) is 24.8 Å². The fraction of sp³-hybridized carbons (Fsp3) is 0.500. The Bertz CT molecular complexity index is 696. The quantitative estimate of drug-likeness (QED) is 0.907. The number of hydrogen-bond donors (Lipinski definition) is 1. The second-order valence-corrected chi connectivity index (χ2v) is 5.83. The van der Waals surface area contributed by atoms with Crippen LogP contribution in [0.5, 0.6) is 0 Å². The van der Waals surface area contributed by atoms with Gasteiger partial charge in [-0.15, -0.1) is 0 Å². The van der Waals surface area contributed by atoms with Crippen molar-refractivity contribution in [3.05, 3.63) is 24.0 Å². The number of aryl methyl sites for hydroxylation is 2. The van der Waals surface area contributed by atoms with Gasteiger partial charge in [0.2, 0.25) is 11.9 Å². The van der Waals surface area contributed by atoms with E-state index in [9.17, 15) is 4.79 Å². The Hall–Kier alpha value is -2.44. The first kappa shape index (κ1) is 15.5. The summed E-state index contributed by atoms with van der Waals surface area (Å²) in [7, 11) is 1.89. The topological polar surface area (TPSA) is 75.9 Å². The van der Waals surface area contributed by atoms with Gasteiger partial charge in [0.05, 0.1) is 11.4 Å². The third-order valence-electron chi connectivity index (χ3n) is 4.12. The number of aromatic nitrogens is 4. The van der Waals surface area contributed by atoms with Crippen molar-refractivity contribution in [2.45, 2.75) is 26.2 Å². The SMILES string of the molecule is Cc1cnc(NCCN2CCCCC2=O)nc1-c1ccnn1C. The van der Waals surface area contributed by atoms with Crippen LogP contribution in [0, 0.1) is 6.92 Å². The molecule has 3 rings (SSSR count). The third-order valence-corrected chi connectivity index (χ3v) is 4.12. The number of rotatable bonds is 5.